The lowest BCUT2D eigenvalue weighted by Gasteiger charge is -2.34. The molecule has 4 heteroatoms. The van der Waals surface area contributed by atoms with Gasteiger partial charge in [-0.2, -0.15) is 0 Å². The van der Waals surface area contributed by atoms with Gasteiger partial charge in [0.05, 0.1) is 5.52 Å². The molecule has 1 fully saturated rings. The van der Waals surface area contributed by atoms with E-state index in [9.17, 15) is 4.79 Å². The lowest BCUT2D eigenvalue weighted by atomic mass is 9.81. The molecule has 2 heterocycles. The van der Waals surface area contributed by atoms with Gasteiger partial charge in [-0.25, -0.2) is 4.42 Å². The Bertz CT molecular complexity index is 731. The number of hydrogen-bond acceptors (Lipinski definition) is 3. The molecule has 2 atom stereocenters. The first kappa shape index (κ1) is 17.4. The highest BCUT2D eigenvalue weighted by Gasteiger charge is 2.27. The third kappa shape index (κ3) is 3.79. The highest BCUT2D eigenvalue weighted by atomic mass is 35.5. The quantitative estimate of drug-likeness (QED) is 0.564. The van der Waals surface area contributed by atoms with Crippen molar-refractivity contribution in [3.63, 3.8) is 0 Å². The second kappa shape index (κ2) is 7.62. The number of hydrogen-bond donors (Lipinski definition) is 0. The Morgan fingerprint density at radius 2 is 2.17 bits per heavy atom. The highest BCUT2D eigenvalue weighted by Crippen LogP contribution is 2.31. The van der Waals surface area contributed by atoms with Crippen molar-refractivity contribution in [3.8, 4) is 0 Å². The summed E-state index contributed by atoms with van der Waals surface area (Å²) in [5.74, 6) is 1.43. The van der Waals surface area contributed by atoms with E-state index in [1.54, 1.807) is 6.20 Å². The third-order valence-electron chi connectivity index (χ3n) is 5.31. The molecular formula is C20H25ClN2O. The number of pyridine rings is 1. The fourth-order valence-electron chi connectivity index (χ4n) is 3.83. The molecule has 2 unspecified atom stereocenters. The number of carbonyl (C=O) groups excluding carboxylic acids is 1. The second-order valence-corrected chi connectivity index (χ2v) is 7.40. The number of aryl methyl sites for hydroxylation is 1. The Balaban J connectivity index is 1.72. The first-order valence-electron chi connectivity index (χ1n) is 8.87. The van der Waals surface area contributed by atoms with Crippen LogP contribution in [0.4, 0.5) is 0 Å². The van der Waals surface area contributed by atoms with E-state index >= 15 is 0 Å². The summed E-state index contributed by atoms with van der Waals surface area (Å²) in [6.07, 6.45) is 5.52. The predicted molar refractivity (Wildman–Crippen MR) is 99.4 cm³/mol. The lowest BCUT2D eigenvalue weighted by Crippen LogP contribution is -2.35. The topological polar surface area (TPSA) is 33.2 Å². The van der Waals surface area contributed by atoms with Crippen molar-refractivity contribution in [1.82, 2.24) is 9.40 Å². The van der Waals surface area contributed by atoms with E-state index in [-0.39, 0.29) is 5.78 Å². The minimum Gasteiger partial charge on any atom is -0.294 e. The molecule has 128 valence electrons. The molecule has 0 spiro atoms. The Morgan fingerprint density at radius 3 is 2.96 bits per heavy atom. The average molecular weight is 345 g/mol. The van der Waals surface area contributed by atoms with Crippen molar-refractivity contribution in [2.24, 2.45) is 11.8 Å². The summed E-state index contributed by atoms with van der Waals surface area (Å²) in [5, 5.41) is 0.977. The van der Waals surface area contributed by atoms with Crippen molar-refractivity contribution in [2.45, 2.75) is 39.5 Å². The Hall–Kier alpha value is -1.45. The summed E-state index contributed by atoms with van der Waals surface area (Å²) in [7, 11) is 0. The van der Waals surface area contributed by atoms with Crippen molar-refractivity contribution in [2.75, 3.05) is 13.1 Å². The van der Waals surface area contributed by atoms with E-state index in [0.717, 1.165) is 54.4 Å². The maximum atomic E-state index is 12.8. The van der Waals surface area contributed by atoms with E-state index in [1.165, 1.54) is 0 Å². The lowest BCUT2D eigenvalue weighted by molar-refractivity contribution is 0.0954. The first-order chi connectivity index (χ1) is 11.6. The molecule has 0 N–H and O–H groups in total. The zero-order chi connectivity index (χ0) is 17.1. The van der Waals surface area contributed by atoms with Crippen molar-refractivity contribution in [3.05, 3.63) is 41.6 Å². The van der Waals surface area contributed by atoms with Crippen LogP contribution in [0.2, 0.25) is 0 Å². The van der Waals surface area contributed by atoms with Crippen LogP contribution in [0, 0.1) is 18.8 Å². The van der Waals surface area contributed by atoms with Crippen LogP contribution in [0.1, 0.15) is 48.5 Å². The van der Waals surface area contributed by atoms with Crippen LogP contribution in [0.3, 0.4) is 0 Å². The number of aromatic nitrogens is 1. The molecule has 1 aromatic carbocycles. The number of fused-ring (bicyclic) bond motifs is 1. The Morgan fingerprint density at radius 1 is 1.33 bits per heavy atom. The number of piperidine rings is 1. The normalized spacial score (nSPS) is 22.0. The molecule has 3 nitrogen and oxygen atoms in total. The maximum absolute atomic E-state index is 12.8. The molecule has 24 heavy (non-hydrogen) atoms. The van der Waals surface area contributed by atoms with Gasteiger partial charge in [-0.1, -0.05) is 25.0 Å². The van der Waals surface area contributed by atoms with Crippen molar-refractivity contribution >= 4 is 28.5 Å². The van der Waals surface area contributed by atoms with Gasteiger partial charge in [0.25, 0.3) is 0 Å². The molecule has 2 aromatic rings. The molecule has 1 aliphatic heterocycles. The maximum Gasteiger partial charge on any atom is 0.163 e. The van der Waals surface area contributed by atoms with Gasteiger partial charge in [-0.15, -0.1) is 0 Å². The van der Waals surface area contributed by atoms with Crippen LogP contribution in [-0.2, 0) is 0 Å². The van der Waals surface area contributed by atoms with Gasteiger partial charge in [0.15, 0.2) is 5.78 Å². The summed E-state index contributed by atoms with van der Waals surface area (Å²) in [4.78, 5) is 17.2. The average Bonchev–Trinajstić information content (AvgIpc) is 2.59. The number of rotatable bonds is 5. The zero-order valence-electron chi connectivity index (χ0n) is 14.5. The van der Waals surface area contributed by atoms with Crippen LogP contribution in [0.25, 0.3) is 10.9 Å². The number of carbonyl (C=O) groups is 1. The van der Waals surface area contributed by atoms with E-state index in [0.29, 0.717) is 18.3 Å². The number of halogens is 1. The van der Waals surface area contributed by atoms with Gasteiger partial charge < -0.3 is 0 Å². The van der Waals surface area contributed by atoms with Gasteiger partial charge in [-0.3, -0.25) is 9.78 Å². The van der Waals surface area contributed by atoms with Gasteiger partial charge in [-0.05, 0) is 61.6 Å². The van der Waals surface area contributed by atoms with Crippen LogP contribution in [0.15, 0.2) is 30.5 Å². The number of Topliss-reactive ketones (excluding diaryl/α,β-unsaturated/α-hetero) is 1. The monoisotopic (exact) mass is 344 g/mol. The van der Waals surface area contributed by atoms with Crippen LogP contribution in [-0.4, -0.2) is 28.3 Å². The van der Waals surface area contributed by atoms with E-state index < -0.39 is 0 Å². The highest BCUT2D eigenvalue weighted by molar-refractivity contribution is 6.13. The van der Waals surface area contributed by atoms with Gasteiger partial charge in [0, 0.05) is 36.7 Å². The van der Waals surface area contributed by atoms with Crippen LogP contribution >= 0.6 is 11.8 Å². The zero-order valence-corrected chi connectivity index (χ0v) is 15.2. The summed E-state index contributed by atoms with van der Waals surface area (Å²) < 4.78 is 1.89. The standard InChI is InChI=1S/C20H25ClN2O/c1-3-15-13-23(21)11-9-16(15)5-7-20(24)17-8-10-22-19-6-4-14(2)12-18(17)19/h4,6,8,10,12,15-16H,3,5,7,9,11,13H2,1-2H3. The number of benzene rings is 1. The number of ketones is 1. The molecule has 0 bridgehead atoms. The largest absolute Gasteiger partial charge is 0.294 e. The van der Waals surface area contributed by atoms with E-state index in [1.807, 2.05) is 29.5 Å². The molecule has 1 aliphatic rings. The molecule has 1 aromatic heterocycles. The van der Waals surface area contributed by atoms with Gasteiger partial charge in [0.2, 0.25) is 0 Å². The van der Waals surface area contributed by atoms with Gasteiger partial charge >= 0.3 is 0 Å². The molecule has 0 radical (unpaired) electrons. The third-order valence-corrected chi connectivity index (χ3v) is 5.61. The van der Waals surface area contributed by atoms with Crippen molar-refractivity contribution < 1.29 is 4.79 Å². The van der Waals surface area contributed by atoms with E-state index in [4.69, 9.17) is 11.8 Å². The summed E-state index contributed by atoms with van der Waals surface area (Å²) >= 11 is 6.15. The predicted octanol–water partition coefficient (Wildman–Crippen LogP) is 5.01. The second-order valence-electron chi connectivity index (χ2n) is 6.93. The van der Waals surface area contributed by atoms with Crippen molar-refractivity contribution in [1.29, 1.82) is 0 Å². The van der Waals surface area contributed by atoms with Crippen LogP contribution in [0.5, 0.6) is 0 Å². The summed E-state index contributed by atoms with van der Waals surface area (Å²) in [5.41, 5.74) is 2.87. The molecule has 3 rings (SSSR count). The Kier molecular flexibility index (Phi) is 5.52. The van der Waals surface area contributed by atoms with E-state index in [2.05, 4.69) is 18.0 Å². The molecule has 0 aliphatic carbocycles. The first-order valence-corrected chi connectivity index (χ1v) is 9.21. The molecule has 1 saturated heterocycles. The fourth-order valence-corrected chi connectivity index (χ4v) is 4.11. The smallest absolute Gasteiger partial charge is 0.163 e. The fraction of sp³-hybridized carbons (Fsp3) is 0.500. The molecular weight excluding hydrogens is 320 g/mol. The molecule has 0 amide bonds. The molecule has 0 saturated carbocycles. The number of nitrogens with zero attached hydrogens (tertiary/aromatic N) is 2. The summed E-state index contributed by atoms with van der Waals surface area (Å²) in [6.45, 7) is 6.13. The Labute approximate surface area is 149 Å². The SMILES string of the molecule is CCC1CN(Cl)CCC1CCC(=O)c1ccnc2ccc(C)cc12. The minimum absolute atomic E-state index is 0.233. The van der Waals surface area contributed by atoms with Gasteiger partial charge in [0.1, 0.15) is 0 Å². The summed E-state index contributed by atoms with van der Waals surface area (Å²) in [6, 6.07) is 7.96. The minimum atomic E-state index is 0.233. The van der Waals surface area contributed by atoms with Crippen LogP contribution < -0.4 is 0 Å².